The third kappa shape index (κ3) is 3.16. The van der Waals surface area contributed by atoms with Gasteiger partial charge in [0.05, 0.1) is 13.7 Å². The van der Waals surface area contributed by atoms with Crippen LogP contribution in [0.4, 0.5) is 0 Å². The molecule has 1 aromatic rings. The van der Waals surface area contributed by atoms with E-state index in [1.54, 1.807) is 11.3 Å². The summed E-state index contributed by atoms with van der Waals surface area (Å²) in [4.78, 5) is 12.0. The second-order valence-electron chi connectivity index (χ2n) is 2.69. The van der Waals surface area contributed by atoms with E-state index in [4.69, 9.17) is 0 Å². The van der Waals surface area contributed by atoms with Crippen LogP contribution in [0.25, 0.3) is 0 Å². The van der Waals surface area contributed by atoms with Crippen LogP contribution in [0.1, 0.15) is 17.8 Å². The summed E-state index contributed by atoms with van der Waals surface area (Å²) in [7, 11) is 1.39. The molecule has 1 atom stereocenters. The highest BCUT2D eigenvalue weighted by atomic mass is 32.1. The van der Waals surface area contributed by atoms with Gasteiger partial charge in [-0.25, -0.2) is 0 Å². The first kappa shape index (κ1) is 10.2. The van der Waals surface area contributed by atoms with Crippen LogP contribution in [0.15, 0.2) is 17.5 Å². The van der Waals surface area contributed by atoms with E-state index in [1.165, 1.54) is 12.0 Å². The van der Waals surface area contributed by atoms with E-state index in [1.807, 2.05) is 24.4 Å². The molecule has 72 valence electrons. The number of hydrogen-bond donors (Lipinski definition) is 1. The van der Waals surface area contributed by atoms with Gasteiger partial charge in [-0.3, -0.25) is 10.1 Å². The minimum Gasteiger partial charge on any atom is -0.468 e. The zero-order valence-electron chi connectivity index (χ0n) is 7.74. The van der Waals surface area contributed by atoms with Crippen molar-refractivity contribution in [2.45, 2.75) is 13.0 Å². The molecule has 13 heavy (non-hydrogen) atoms. The van der Waals surface area contributed by atoms with Crippen molar-refractivity contribution in [3.63, 3.8) is 0 Å². The van der Waals surface area contributed by atoms with E-state index in [2.05, 4.69) is 10.1 Å². The molecular formula is C9H13NO2S. The lowest BCUT2D eigenvalue weighted by Crippen LogP contribution is -2.26. The maximum absolute atomic E-state index is 10.8. The number of esters is 1. The van der Waals surface area contributed by atoms with Crippen LogP contribution < -0.4 is 5.32 Å². The Kier molecular flexibility index (Phi) is 3.92. The normalized spacial score (nSPS) is 12.5. The topological polar surface area (TPSA) is 38.3 Å². The van der Waals surface area contributed by atoms with Crippen LogP contribution in [-0.2, 0) is 9.53 Å². The molecule has 0 saturated heterocycles. The van der Waals surface area contributed by atoms with Crippen LogP contribution in [0.5, 0.6) is 0 Å². The summed E-state index contributed by atoms with van der Waals surface area (Å²) in [6.07, 6.45) is 0. The quantitative estimate of drug-likeness (QED) is 0.748. The van der Waals surface area contributed by atoms with E-state index in [9.17, 15) is 4.79 Å². The van der Waals surface area contributed by atoms with Gasteiger partial charge >= 0.3 is 5.97 Å². The van der Waals surface area contributed by atoms with Gasteiger partial charge in [0.2, 0.25) is 0 Å². The largest absolute Gasteiger partial charge is 0.468 e. The zero-order chi connectivity index (χ0) is 9.68. The first-order valence-corrected chi connectivity index (χ1v) is 4.95. The van der Waals surface area contributed by atoms with E-state index >= 15 is 0 Å². The molecule has 1 unspecified atom stereocenters. The summed E-state index contributed by atoms with van der Waals surface area (Å²) in [6.45, 7) is 2.28. The van der Waals surface area contributed by atoms with Crippen molar-refractivity contribution < 1.29 is 9.53 Å². The van der Waals surface area contributed by atoms with Crippen molar-refractivity contribution in [2.24, 2.45) is 0 Å². The third-order valence-electron chi connectivity index (χ3n) is 1.75. The molecule has 3 nitrogen and oxygen atoms in total. The molecule has 0 amide bonds. The minimum absolute atomic E-state index is 0.207. The average Bonchev–Trinajstić information content (AvgIpc) is 2.66. The Morgan fingerprint density at radius 2 is 2.54 bits per heavy atom. The van der Waals surface area contributed by atoms with E-state index in [0.29, 0.717) is 0 Å². The first-order chi connectivity index (χ1) is 6.24. The second kappa shape index (κ2) is 4.99. The van der Waals surface area contributed by atoms with Crippen LogP contribution in [-0.4, -0.2) is 19.6 Å². The molecular weight excluding hydrogens is 186 g/mol. The van der Waals surface area contributed by atoms with Crippen molar-refractivity contribution in [3.8, 4) is 0 Å². The van der Waals surface area contributed by atoms with Crippen molar-refractivity contribution in [2.75, 3.05) is 13.7 Å². The second-order valence-corrected chi connectivity index (χ2v) is 3.67. The highest BCUT2D eigenvalue weighted by Gasteiger charge is 2.07. The number of carbonyl (C=O) groups is 1. The van der Waals surface area contributed by atoms with Crippen molar-refractivity contribution in [1.29, 1.82) is 0 Å². The number of carbonyl (C=O) groups excluding carboxylic acids is 1. The molecule has 0 aliphatic rings. The summed E-state index contributed by atoms with van der Waals surface area (Å²) in [5.74, 6) is -0.233. The van der Waals surface area contributed by atoms with Gasteiger partial charge in [0.1, 0.15) is 0 Å². The monoisotopic (exact) mass is 199 g/mol. The van der Waals surface area contributed by atoms with Gasteiger partial charge in [-0.1, -0.05) is 6.07 Å². The van der Waals surface area contributed by atoms with Crippen LogP contribution in [0.2, 0.25) is 0 Å². The summed E-state index contributed by atoms with van der Waals surface area (Å²) < 4.78 is 4.52. The lowest BCUT2D eigenvalue weighted by Gasteiger charge is -2.10. The lowest BCUT2D eigenvalue weighted by molar-refractivity contribution is -0.139. The van der Waals surface area contributed by atoms with E-state index in [-0.39, 0.29) is 18.6 Å². The highest BCUT2D eigenvalue weighted by molar-refractivity contribution is 7.10. The fourth-order valence-corrected chi connectivity index (χ4v) is 1.71. The Bertz CT molecular complexity index is 259. The lowest BCUT2D eigenvalue weighted by atomic mass is 10.3. The van der Waals surface area contributed by atoms with Crippen molar-refractivity contribution in [1.82, 2.24) is 5.32 Å². The minimum atomic E-state index is -0.233. The van der Waals surface area contributed by atoms with Crippen LogP contribution in [0.3, 0.4) is 0 Å². The van der Waals surface area contributed by atoms with Gasteiger partial charge in [0.15, 0.2) is 0 Å². The molecule has 1 rings (SSSR count). The summed E-state index contributed by atoms with van der Waals surface area (Å²) in [5.41, 5.74) is 0. The molecule has 0 spiro atoms. The summed E-state index contributed by atoms with van der Waals surface area (Å²) in [6, 6.07) is 4.25. The van der Waals surface area contributed by atoms with Crippen molar-refractivity contribution in [3.05, 3.63) is 22.4 Å². The summed E-state index contributed by atoms with van der Waals surface area (Å²) >= 11 is 1.68. The molecule has 0 radical (unpaired) electrons. The number of thiophene rings is 1. The number of methoxy groups -OCH3 is 1. The van der Waals surface area contributed by atoms with E-state index < -0.39 is 0 Å². The molecule has 0 aliphatic carbocycles. The smallest absolute Gasteiger partial charge is 0.319 e. The Hall–Kier alpha value is -0.870. The number of hydrogen-bond acceptors (Lipinski definition) is 4. The molecule has 0 fully saturated rings. The predicted molar refractivity (Wildman–Crippen MR) is 52.8 cm³/mol. The van der Waals surface area contributed by atoms with Gasteiger partial charge in [-0.2, -0.15) is 0 Å². The van der Waals surface area contributed by atoms with E-state index in [0.717, 1.165) is 0 Å². The Labute approximate surface area is 81.7 Å². The molecule has 0 aliphatic heterocycles. The third-order valence-corrected chi connectivity index (χ3v) is 2.81. The number of nitrogens with one attached hydrogen (secondary N) is 1. The van der Waals surface area contributed by atoms with Gasteiger partial charge < -0.3 is 4.74 Å². The number of rotatable bonds is 4. The summed E-state index contributed by atoms with van der Waals surface area (Å²) in [5, 5.41) is 5.09. The predicted octanol–water partition coefficient (Wildman–Crippen LogP) is 1.57. The zero-order valence-corrected chi connectivity index (χ0v) is 8.56. The van der Waals surface area contributed by atoms with Crippen molar-refractivity contribution >= 4 is 17.3 Å². The first-order valence-electron chi connectivity index (χ1n) is 4.07. The molecule has 0 aromatic carbocycles. The number of ether oxygens (including phenoxy) is 1. The highest BCUT2D eigenvalue weighted by Crippen LogP contribution is 2.17. The molecule has 1 N–H and O–H groups in total. The fourth-order valence-electron chi connectivity index (χ4n) is 0.947. The molecule has 1 heterocycles. The Balaban J connectivity index is 2.34. The fraction of sp³-hybridized carbons (Fsp3) is 0.444. The molecule has 0 saturated carbocycles. The van der Waals surface area contributed by atoms with Gasteiger partial charge in [0, 0.05) is 10.9 Å². The maximum Gasteiger partial charge on any atom is 0.319 e. The Morgan fingerprint density at radius 1 is 1.77 bits per heavy atom. The van der Waals surface area contributed by atoms with Crippen LogP contribution >= 0.6 is 11.3 Å². The SMILES string of the molecule is COC(=O)CNC(C)c1cccs1. The van der Waals surface area contributed by atoms with Gasteiger partial charge in [-0.15, -0.1) is 11.3 Å². The standard InChI is InChI=1S/C9H13NO2S/c1-7(8-4-3-5-13-8)10-6-9(11)12-2/h3-5,7,10H,6H2,1-2H3. The molecule has 4 heteroatoms. The van der Waals surface area contributed by atoms with Crippen LogP contribution in [0, 0.1) is 0 Å². The maximum atomic E-state index is 10.8. The average molecular weight is 199 g/mol. The Morgan fingerprint density at radius 3 is 3.08 bits per heavy atom. The van der Waals surface area contributed by atoms with Gasteiger partial charge in [0.25, 0.3) is 0 Å². The van der Waals surface area contributed by atoms with Gasteiger partial charge in [-0.05, 0) is 18.4 Å². The molecule has 1 aromatic heterocycles. The molecule has 0 bridgehead atoms.